The van der Waals surface area contributed by atoms with Gasteiger partial charge in [0.2, 0.25) is 5.91 Å². The summed E-state index contributed by atoms with van der Waals surface area (Å²) < 4.78 is 40.9. The van der Waals surface area contributed by atoms with Crippen molar-refractivity contribution in [3.8, 4) is 0 Å². The Morgan fingerprint density at radius 1 is 1.20 bits per heavy atom. The number of rotatable bonds is 7. The number of nitrogens with zero attached hydrogens (tertiary/aromatic N) is 1. The van der Waals surface area contributed by atoms with Crippen molar-refractivity contribution >= 4 is 16.7 Å². The first-order valence-electron chi connectivity index (χ1n) is 7.41. The van der Waals surface area contributed by atoms with Gasteiger partial charge in [0.15, 0.2) is 0 Å². The molecule has 2 aromatic rings. The largest absolute Gasteiger partial charge is 0.411 e. The zero-order valence-corrected chi connectivity index (χ0v) is 13.1. The van der Waals surface area contributed by atoms with E-state index in [4.69, 9.17) is 0 Å². The number of fused-ring (bicyclic) bond motifs is 1. The molecule has 7 nitrogen and oxygen atoms in total. The lowest BCUT2D eigenvalue weighted by molar-refractivity contribution is -0.174. The van der Waals surface area contributed by atoms with Crippen molar-refractivity contribution < 1.29 is 22.7 Å². The van der Waals surface area contributed by atoms with Crippen molar-refractivity contribution in [2.24, 2.45) is 0 Å². The van der Waals surface area contributed by atoms with Crippen LogP contribution in [-0.2, 0) is 16.1 Å². The average molecular weight is 359 g/mol. The number of H-pyrrole nitrogens is 1. The third kappa shape index (κ3) is 5.45. The second-order valence-electron chi connectivity index (χ2n) is 5.25. The minimum Gasteiger partial charge on any atom is -0.372 e. The molecule has 0 spiro atoms. The Balaban J connectivity index is 1.87. The molecule has 1 amide bonds. The van der Waals surface area contributed by atoms with Crippen LogP contribution in [0.3, 0.4) is 0 Å². The highest BCUT2D eigenvalue weighted by Gasteiger charge is 2.27. The quantitative estimate of drug-likeness (QED) is 0.715. The van der Waals surface area contributed by atoms with Gasteiger partial charge >= 0.3 is 6.18 Å². The van der Waals surface area contributed by atoms with Crippen LogP contribution >= 0.6 is 0 Å². The number of halogens is 3. The standard InChI is InChI=1S/C15H16F3N3O4/c16-15(17,18)9-25-7-3-6-19-12(22)8-21-14(24)11-5-2-1-4-10(11)13(23)20-21/h1-2,4-5H,3,6-9H2,(H,19,22)(H,20,23). The number of hydrogen-bond donors (Lipinski definition) is 2. The molecule has 136 valence electrons. The molecule has 0 aliphatic rings. The Morgan fingerprint density at radius 3 is 2.56 bits per heavy atom. The van der Waals surface area contributed by atoms with Crippen molar-refractivity contribution in [3.05, 3.63) is 45.0 Å². The van der Waals surface area contributed by atoms with Gasteiger partial charge in [-0.1, -0.05) is 12.1 Å². The van der Waals surface area contributed by atoms with Crippen molar-refractivity contribution in [3.63, 3.8) is 0 Å². The van der Waals surface area contributed by atoms with E-state index >= 15 is 0 Å². The smallest absolute Gasteiger partial charge is 0.372 e. The lowest BCUT2D eigenvalue weighted by Gasteiger charge is -2.09. The maximum absolute atomic E-state index is 12.2. The number of nitrogens with one attached hydrogen (secondary N) is 2. The summed E-state index contributed by atoms with van der Waals surface area (Å²) in [6.07, 6.45) is -4.20. The van der Waals surface area contributed by atoms with Crippen LogP contribution in [0.15, 0.2) is 33.9 Å². The number of alkyl halides is 3. The number of carbonyl (C=O) groups is 1. The van der Waals surface area contributed by atoms with Gasteiger partial charge in [0.1, 0.15) is 13.2 Å². The number of benzene rings is 1. The van der Waals surface area contributed by atoms with E-state index in [2.05, 4.69) is 15.2 Å². The molecule has 2 rings (SSSR count). The van der Waals surface area contributed by atoms with Crippen LogP contribution in [-0.4, -0.2) is 41.6 Å². The molecule has 0 radical (unpaired) electrons. The molecule has 2 N–H and O–H groups in total. The van der Waals surface area contributed by atoms with Gasteiger partial charge < -0.3 is 10.1 Å². The summed E-state index contributed by atoms with van der Waals surface area (Å²) >= 11 is 0. The topological polar surface area (TPSA) is 93.2 Å². The molecule has 0 unspecified atom stereocenters. The molecule has 0 bridgehead atoms. The van der Waals surface area contributed by atoms with E-state index in [-0.39, 0.29) is 30.3 Å². The molecule has 1 aromatic carbocycles. The van der Waals surface area contributed by atoms with Gasteiger partial charge in [-0.05, 0) is 18.6 Å². The summed E-state index contributed by atoms with van der Waals surface area (Å²) in [6, 6.07) is 6.21. The van der Waals surface area contributed by atoms with E-state index in [0.717, 1.165) is 4.68 Å². The van der Waals surface area contributed by atoms with Crippen LogP contribution in [0.2, 0.25) is 0 Å². The van der Waals surface area contributed by atoms with Gasteiger partial charge in [-0.2, -0.15) is 13.2 Å². The van der Waals surface area contributed by atoms with Crippen molar-refractivity contribution in [1.82, 2.24) is 15.1 Å². The minimum absolute atomic E-state index is 0.0866. The van der Waals surface area contributed by atoms with Crippen molar-refractivity contribution in [2.75, 3.05) is 19.8 Å². The molecule has 0 atom stereocenters. The van der Waals surface area contributed by atoms with E-state index in [9.17, 15) is 27.6 Å². The van der Waals surface area contributed by atoms with Crippen LogP contribution in [0, 0.1) is 0 Å². The maximum Gasteiger partial charge on any atom is 0.411 e. The van der Waals surface area contributed by atoms with E-state index in [1.807, 2.05) is 0 Å². The Kier molecular flexibility index (Phi) is 5.97. The Hall–Kier alpha value is -2.62. The Bertz CT molecular complexity index is 857. The lowest BCUT2D eigenvalue weighted by atomic mass is 10.2. The normalized spacial score (nSPS) is 11.6. The molecule has 0 saturated heterocycles. The molecule has 0 aliphatic heterocycles. The first-order valence-corrected chi connectivity index (χ1v) is 7.41. The second-order valence-corrected chi connectivity index (χ2v) is 5.25. The predicted octanol–water partition coefficient (Wildman–Crippen LogP) is 0.775. The van der Waals surface area contributed by atoms with Gasteiger partial charge in [-0.3, -0.25) is 19.5 Å². The summed E-state index contributed by atoms with van der Waals surface area (Å²) in [5, 5.41) is 5.18. The second kappa shape index (κ2) is 7.97. The Labute approximate surface area is 139 Å². The van der Waals surface area contributed by atoms with Crippen LogP contribution in [0.5, 0.6) is 0 Å². The minimum atomic E-state index is -4.38. The van der Waals surface area contributed by atoms with Crippen LogP contribution in [0.4, 0.5) is 13.2 Å². The van der Waals surface area contributed by atoms with Gasteiger partial charge in [0, 0.05) is 13.2 Å². The molecule has 0 fully saturated rings. The SMILES string of the molecule is O=C(Cn1[nH]c(=O)c2ccccc2c1=O)NCCCOCC(F)(F)F. The van der Waals surface area contributed by atoms with Crippen LogP contribution in [0.25, 0.3) is 10.8 Å². The summed E-state index contributed by atoms with van der Waals surface area (Å²) in [7, 11) is 0. The predicted molar refractivity (Wildman–Crippen MR) is 83.3 cm³/mol. The highest BCUT2D eigenvalue weighted by atomic mass is 19.4. The van der Waals surface area contributed by atoms with E-state index in [1.54, 1.807) is 12.1 Å². The van der Waals surface area contributed by atoms with E-state index < -0.39 is 36.4 Å². The number of aromatic nitrogens is 2. The summed E-state index contributed by atoms with van der Waals surface area (Å²) in [6.45, 7) is -1.81. The fourth-order valence-electron chi connectivity index (χ4n) is 2.15. The molecular weight excluding hydrogens is 343 g/mol. The number of carbonyl (C=O) groups excluding carboxylic acids is 1. The van der Waals surface area contributed by atoms with Crippen LogP contribution < -0.4 is 16.4 Å². The van der Waals surface area contributed by atoms with Crippen molar-refractivity contribution in [1.29, 1.82) is 0 Å². The third-order valence-corrected chi connectivity index (χ3v) is 3.24. The summed E-state index contributed by atoms with van der Waals surface area (Å²) in [4.78, 5) is 35.9. The first-order chi connectivity index (χ1) is 11.8. The van der Waals surface area contributed by atoms with E-state index in [0.29, 0.717) is 0 Å². The Morgan fingerprint density at radius 2 is 1.88 bits per heavy atom. The number of ether oxygens (including phenoxy) is 1. The zero-order chi connectivity index (χ0) is 18.4. The van der Waals surface area contributed by atoms with Crippen molar-refractivity contribution in [2.45, 2.75) is 19.1 Å². The van der Waals surface area contributed by atoms with Gasteiger partial charge in [-0.25, -0.2) is 4.68 Å². The highest BCUT2D eigenvalue weighted by Crippen LogP contribution is 2.14. The average Bonchev–Trinajstić information content (AvgIpc) is 2.54. The summed E-state index contributed by atoms with van der Waals surface area (Å²) in [5.41, 5.74) is -1.01. The zero-order valence-electron chi connectivity index (χ0n) is 13.1. The van der Waals surface area contributed by atoms with Crippen LogP contribution in [0.1, 0.15) is 6.42 Å². The van der Waals surface area contributed by atoms with E-state index in [1.165, 1.54) is 12.1 Å². The monoisotopic (exact) mass is 359 g/mol. The number of hydrogen-bond acceptors (Lipinski definition) is 4. The number of aromatic amines is 1. The first kappa shape index (κ1) is 18.7. The number of amides is 1. The maximum atomic E-state index is 12.2. The highest BCUT2D eigenvalue weighted by molar-refractivity contribution is 5.81. The molecule has 1 aromatic heterocycles. The molecule has 1 heterocycles. The fourth-order valence-corrected chi connectivity index (χ4v) is 2.15. The summed E-state index contributed by atoms with van der Waals surface area (Å²) in [5.74, 6) is -0.552. The van der Waals surface area contributed by atoms with Gasteiger partial charge in [-0.15, -0.1) is 0 Å². The van der Waals surface area contributed by atoms with Gasteiger partial charge in [0.05, 0.1) is 10.8 Å². The third-order valence-electron chi connectivity index (χ3n) is 3.24. The molecule has 0 saturated carbocycles. The fraction of sp³-hybridized carbons (Fsp3) is 0.400. The lowest BCUT2D eigenvalue weighted by Crippen LogP contribution is -2.37. The molecule has 25 heavy (non-hydrogen) atoms. The molecule has 10 heteroatoms. The molecule has 0 aliphatic carbocycles. The molecular formula is C15H16F3N3O4. The van der Waals surface area contributed by atoms with Gasteiger partial charge in [0.25, 0.3) is 11.1 Å².